The second kappa shape index (κ2) is 7.84. The molecule has 0 saturated heterocycles. The van der Waals surface area contributed by atoms with E-state index in [1.54, 1.807) is 6.92 Å². The average Bonchev–Trinajstić information content (AvgIpc) is 2.42. The molecule has 1 amide bonds. The van der Waals surface area contributed by atoms with Crippen molar-refractivity contribution >= 4 is 46.6 Å². The van der Waals surface area contributed by atoms with Crippen LogP contribution in [-0.2, 0) is 0 Å². The summed E-state index contributed by atoms with van der Waals surface area (Å²) in [6.07, 6.45) is 1.81. The first kappa shape index (κ1) is 18.0. The number of hydrogen-bond acceptors (Lipinski definition) is 5. The first-order valence-electron chi connectivity index (χ1n) is 5.89. The highest BCUT2D eigenvalue weighted by Crippen LogP contribution is 2.33. The van der Waals surface area contributed by atoms with Gasteiger partial charge >= 0.3 is 0 Å². The minimum atomic E-state index is -0.702. The zero-order valence-corrected chi connectivity index (χ0v) is 13.6. The molecule has 0 radical (unpaired) electrons. The fourth-order valence-electron chi connectivity index (χ4n) is 1.66. The number of aliphatic hydroxyl groups excluding tert-OH is 1. The zero-order valence-electron chi connectivity index (χ0n) is 11.3. The van der Waals surface area contributed by atoms with Gasteiger partial charge in [-0.25, -0.2) is 0 Å². The van der Waals surface area contributed by atoms with Crippen molar-refractivity contribution in [3.8, 4) is 0 Å². The third kappa shape index (κ3) is 4.47. The number of nitrogens with zero attached hydrogens (tertiary/aromatic N) is 1. The second-order valence-electron chi connectivity index (χ2n) is 4.27. The molecule has 9 heteroatoms. The van der Waals surface area contributed by atoms with Crippen LogP contribution in [0.1, 0.15) is 17.3 Å². The normalized spacial score (nSPS) is 13.6. The third-order valence-corrected chi connectivity index (χ3v) is 4.82. The van der Waals surface area contributed by atoms with E-state index in [-0.39, 0.29) is 33.5 Å². The van der Waals surface area contributed by atoms with Crippen molar-refractivity contribution in [3.63, 3.8) is 0 Å². The number of thioether (sulfide) groups is 1. The van der Waals surface area contributed by atoms with Crippen LogP contribution in [0, 0.1) is 10.1 Å². The summed E-state index contributed by atoms with van der Waals surface area (Å²) >= 11 is 12.9. The van der Waals surface area contributed by atoms with Gasteiger partial charge in [0.25, 0.3) is 11.6 Å². The van der Waals surface area contributed by atoms with Gasteiger partial charge < -0.3 is 10.4 Å². The van der Waals surface area contributed by atoms with E-state index in [2.05, 4.69) is 5.32 Å². The van der Waals surface area contributed by atoms with Crippen molar-refractivity contribution in [1.82, 2.24) is 5.32 Å². The van der Waals surface area contributed by atoms with Crippen LogP contribution in [0.5, 0.6) is 0 Å². The van der Waals surface area contributed by atoms with Crippen molar-refractivity contribution in [2.75, 3.05) is 12.9 Å². The van der Waals surface area contributed by atoms with E-state index < -0.39 is 16.5 Å². The molecule has 1 aromatic rings. The number of carbonyl (C=O) groups excluding carboxylic acids is 1. The Morgan fingerprint density at radius 2 is 2.14 bits per heavy atom. The molecular weight excluding hydrogens is 339 g/mol. The molecule has 116 valence electrons. The lowest BCUT2D eigenvalue weighted by Gasteiger charge is -2.21. The van der Waals surface area contributed by atoms with Gasteiger partial charge in [-0.3, -0.25) is 14.9 Å². The molecule has 2 unspecified atom stereocenters. The molecule has 1 aromatic carbocycles. The summed E-state index contributed by atoms with van der Waals surface area (Å²) in [5.41, 5.74) is -0.383. The fourth-order valence-corrected chi connectivity index (χ4v) is 2.68. The van der Waals surface area contributed by atoms with Gasteiger partial charge in [0.2, 0.25) is 0 Å². The molecule has 0 bridgehead atoms. The minimum absolute atomic E-state index is 0.0424. The lowest BCUT2D eigenvalue weighted by Crippen LogP contribution is -2.41. The standard InChI is InChI=1S/C12H14Cl2N2O4S/c1-6(10(5-17)21-2)15-12(18)7-3-8(13)11(14)9(4-7)16(19)20/h3-4,6,10,17H,5H2,1-2H3,(H,15,18). The van der Waals surface area contributed by atoms with E-state index in [1.807, 2.05) is 6.26 Å². The number of hydrogen-bond donors (Lipinski definition) is 2. The molecule has 6 nitrogen and oxygen atoms in total. The number of rotatable bonds is 6. The third-order valence-electron chi connectivity index (χ3n) is 2.87. The maximum absolute atomic E-state index is 12.1. The summed E-state index contributed by atoms with van der Waals surface area (Å²) < 4.78 is 0. The van der Waals surface area contributed by atoms with Gasteiger partial charge in [0.05, 0.1) is 16.6 Å². The predicted molar refractivity (Wildman–Crippen MR) is 84.4 cm³/mol. The van der Waals surface area contributed by atoms with Crippen molar-refractivity contribution in [1.29, 1.82) is 0 Å². The summed E-state index contributed by atoms with van der Waals surface area (Å²) in [5.74, 6) is -0.517. The fraction of sp³-hybridized carbons (Fsp3) is 0.417. The van der Waals surface area contributed by atoms with E-state index in [9.17, 15) is 20.0 Å². The molecule has 2 N–H and O–H groups in total. The van der Waals surface area contributed by atoms with Crippen LogP contribution >= 0.6 is 35.0 Å². The van der Waals surface area contributed by atoms with Crippen LogP contribution in [0.15, 0.2) is 12.1 Å². The first-order chi connectivity index (χ1) is 9.81. The Balaban J connectivity index is 3.01. The Hall–Kier alpha value is -1.02. The lowest BCUT2D eigenvalue weighted by molar-refractivity contribution is -0.384. The highest BCUT2D eigenvalue weighted by Gasteiger charge is 2.22. The van der Waals surface area contributed by atoms with Gasteiger partial charge in [0, 0.05) is 22.9 Å². The molecule has 0 saturated carbocycles. The number of benzene rings is 1. The van der Waals surface area contributed by atoms with E-state index in [0.29, 0.717) is 0 Å². The van der Waals surface area contributed by atoms with Crippen LogP contribution in [0.4, 0.5) is 5.69 Å². The monoisotopic (exact) mass is 352 g/mol. The number of amides is 1. The SMILES string of the molecule is CSC(CO)C(C)NC(=O)c1cc(Cl)c(Cl)c([N+](=O)[O-])c1. The Kier molecular flexibility index (Phi) is 6.73. The maximum atomic E-state index is 12.1. The smallest absolute Gasteiger partial charge is 0.290 e. The Morgan fingerprint density at radius 1 is 1.52 bits per heavy atom. The molecule has 0 heterocycles. The number of aliphatic hydroxyl groups is 1. The van der Waals surface area contributed by atoms with Crippen molar-refractivity contribution in [2.45, 2.75) is 18.2 Å². The first-order valence-corrected chi connectivity index (χ1v) is 7.94. The number of halogens is 2. The van der Waals surface area contributed by atoms with Crippen LogP contribution in [-0.4, -0.2) is 40.1 Å². The average molecular weight is 353 g/mol. The Bertz CT molecular complexity index is 552. The summed E-state index contributed by atoms with van der Waals surface area (Å²) in [5, 5.41) is 22.3. The summed E-state index contributed by atoms with van der Waals surface area (Å²) in [6, 6.07) is 2.03. The van der Waals surface area contributed by atoms with E-state index in [4.69, 9.17) is 23.2 Å². The van der Waals surface area contributed by atoms with Crippen LogP contribution in [0.25, 0.3) is 0 Å². The molecule has 2 atom stereocenters. The molecule has 0 spiro atoms. The number of carbonyl (C=O) groups is 1. The molecule has 0 fully saturated rings. The molecule has 0 aliphatic heterocycles. The Labute approximate surface area is 136 Å². The van der Waals surface area contributed by atoms with Gasteiger partial charge in [0.1, 0.15) is 5.02 Å². The number of nitro benzene ring substituents is 1. The number of nitrogens with one attached hydrogen (secondary N) is 1. The molecule has 21 heavy (non-hydrogen) atoms. The summed E-state index contributed by atoms with van der Waals surface area (Å²) in [6.45, 7) is 1.64. The van der Waals surface area contributed by atoms with Gasteiger partial charge in [-0.05, 0) is 19.2 Å². The molecule has 0 aromatic heterocycles. The summed E-state index contributed by atoms with van der Waals surface area (Å²) in [4.78, 5) is 22.3. The topological polar surface area (TPSA) is 92.5 Å². The van der Waals surface area contributed by atoms with Crippen LogP contribution in [0.2, 0.25) is 10.0 Å². The number of nitro groups is 1. The quantitative estimate of drug-likeness (QED) is 0.606. The van der Waals surface area contributed by atoms with Gasteiger partial charge in [-0.1, -0.05) is 23.2 Å². The zero-order chi connectivity index (χ0) is 16.2. The predicted octanol–water partition coefficient (Wildman–Crippen LogP) is 2.74. The molecule has 1 rings (SSSR count). The van der Waals surface area contributed by atoms with Crippen LogP contribution in [0.3, 0.4) is 0 Å². The largest absolute Gasteiger partial charge is 0.395 e. The minimum Gasteiger partial charge on any atom is -0.395 e. The molecule has 0 aliphatic carbocycles. The Morgan fingerprint density at radius 3 is 2.62 bits per heavy atom. The molecule has 0 aliphatic rings. The highest BCUT2D eigenvalue weighted by atomic mass is 35.5. The highest BCUT2D eigenvalue weighted by molar-refractivity contribution is 7.99. The van der Waals surface area contributed by atoms with E-state index in [0.717, 1.165) is 6.07 Å². The van der Waals surface area contributed by atoms with Crippen LogP contribution < -0.4 is 5.32 Å². The second-order valence-corrected chi connectivity index (χ2v) is 6.13. The maximum Gasteiger partial charge on any atom is 0.290 e. The van der Waals surface area contributed by atoms with E-state index in [1.165, 1.54) is 17.8 Å². The van der Waals surface area contributed by atoms with E-state index >= 15 is 0 Å². The van der Waals surface area contributed by atoms with Gasteiger partial charge in [-0.2, -0.15) is 11.8 Å². The van der Waals surface area contributed by atoms with Gasteiger partial charge in [-0.15, -0.1) is 0 Å². The van der Waals surface area contributed by atoms with Crippen molar-refractivity contribution in [2.24, 2.45) is 0 Å². The summed E-state index contributed by atoms with van der Waals surface area (Å²) in [7, 11) is 0. The van der Waals surface area contributed by atoms with Gasteiger partial charge in [0.15, 0.2) is 0 Å². The van der Waals surface area contributed by atoms with Crippen molar-refractivity contribution in [3.05, 3.63) is 37.9 Å². The molecular formula is C12H14Cl2N2O4S. The lowest BCUT2D eigenvalue weighted by atomic mass is 10.1. The van der Waals surface area contributed by atoms with Crippen molar-refractivity contribution < 1.29 is 14.8 Å².